The van der Waals surface area contributed by atoms with Crippen molar-refractivity contribution >= 4 is 56.8 Å². The molecule has 0 radical (unpaired) electrons. The minimum atomic E-state index is -0.475. The number of carbonyl (C=O) groups is 1. The van der Waals surface area contributed by atoms with Crippen molar-refractivity contribution in [3.05, 3.63) is 97.9 Å². The maximum absolute atomic E-state index is 12.4. The Balaban J connectivity index is 1.71. The third-order valence-corrected chi connectivity index (χ3v) is 5.27. The summed E-state index contributed by atoms with van der Waals surface area (Å²) in [7, 11) is 0. The number of nitrogens with zero attached hydrogens (tertiary/aromatic N) is 1. The summed E-state index contributed by atoms with van der Waals surface area (Å²) in [6, 6.07) is 21.4. The van der Waals surface area contributed by atoms with Crippen molar-refractivity contribution in [1.82, 2.24) is 0 Å². The van der Waals surface area contributed by atoms with Crippen LogP contribution in [0, 0.1) is 11.3 Å². The van der Waals surface area contributed by atoms with E-state index in [1.165, 1.54) is 6.08 Å². The van der Waals surface area contributed by atoms with Crippen LogP contribution in [0.1, 0.15) is 11.1 Å². The van der Waals surface area contributed by atoms with E-state index in [1.807, 2.05) is 12.1 Å². The van der Waals surface area contributed by atoms with Gasteiger partial charge in [0, 0.05) is 21.3 Å². The zero-order valence-corrected chi connectivity index (χ0v) is 18.6. The van der Waals surface area contributed by atoms with Crippen LogP contribution < -0.4 is 10.1 Å². The number of halogens is 3. The van der Waals surface area contributed by atoms with E-state index >= 15 is 0 Å². The van der Waals surface area contributed by atoms with Crippen molar-refractivity contribution in [2.24, 2.45) is 0 Å². The van der Waals surface area contributed by atoms with Crippen LogP contribution in [0.5, 0.6) is 5.75 Å². The topological polar surface area (TPSA) is 62.1 Å². The first-order chi connectivity index (χ1) is 14.5. The molecular formula is C23H15BrCl2N2O2. The zero-order valence-electron chi connectivity index (χ0n) is 15.5. The van der Waals surface area contributed by atoms with E-state index < -0.39 is 5.91 Å². The Morgan fingerprint density at radius 1 is 1.10 bits per heavy atom. The van der Waals surface area contributed by atoms with Gasteiger partial charge >= 0.3 is 0 Å². The van der Waals surface area contributed by atoms with Gasteiger partial charge in [0.2, 0.25) is 0 Å². The number of amides is 1. The van der Waals surface area contributed by atoms with Gasteiger partial charge in [-0.05, 0) is 64.0 Å². The van der Waals surface area contributed by atoms with Crippen LogP contribution in [0.15, 0.2) is 76.8 Å². The van der Waals surface area contributed by atoms with Crippen molar-refractivity contribution < 1.29 is 9.53 Å². The fraction of sp³-hybridized carbons (Fsp3) is 0.0435. The Labute approximate surface area is 192 Å². The van der Waals surface area contributed by atoms with Crippen molar-refractivity contribution in [3.63, 3.8) is 0 Å². The summed E-state index contributed by atoms with van der Waals surface area (Å²) in [5.74, 6) is 0.128. The second-order valence-corrected chi connectivity index (χ2v) is 7.90. The smallest absolute Gasteiger partial charge is 0.266 e. The average Bonchev–Trinajstić information content (AvgIpc) is 2.73. The van der Waals surface area contributed by atoms with Crippen molar-refractivity contribution in [2.75, 3.05) is 5.32 Å². The number of ether oxygens (including phenoxy) is 1. The van der Waals surface area contributed by atoms with E-state index in [2.05, 4.69) is 21.2 Å². The van der Waals surface area contributed by atoms with E-state index in [4.69, 9.17) is 27.9 Å². The van der Waals surface area contributed by atoms with Gasteiger partial charge in [0.15, 0.2) is 0 Å². The number of rotatable bonds is 6. The summed E-state index contributed by atoms with van der Waals surface area (Å²) in [5, 5.41) is 13.2. The number of carbonyl (C=O) groups excluding carboxylic acids is 1. The van der Waals surface area contributed by atoms with E-state index in [0.29, 0.717) is 31.5 Å². The zero-order chi connectivity index (χ0) is 21.5. The van der Waals surface area contributed by atoms with E-state index in [9.17, 15) is 10.1 Å². The van der Waals surface area contributed by atoms with E-state index in [1.54, 1.807) is 60.7 Å². The van der Waals surface area contributed by atoms with Crippen LogP contribution in [0.4, 0.5) is 5.69 Å². The lowest BCUT2D eigenvalue weighted by Crippen LogP contribution is -2.13. The van der Waals surface area contributed by atoms with Crippen LogP contribution >= 0.6 is 39.1 Å². The molecule has 0 bridgehead atoms. The first kappa shape index (κ1) is 21.9. The van der Waals surface area contributed by atoms with Gasteiger partial charge in [0.1, 0.15) is 24.0 Å². The standard InChI is InChI=1S/C23H15BrCl2N2O2/c24-20-11-15(10-17(13-27)23(29)28-19-4-2-1-3-5-19)6-9-22(20)30-14-16-7-8-18(25)12-21(16)26/h1-12H,14H2,(H,28,29)/b17-10-. The normalized spacial score (nSPS) is 10.9. The summed E-state index contributed by atoms with van der Waals surface area (Å²) in [6.45, 7) is 0.271. The highest BCUT2D eigenvalue weighted by Gasteiger charge is 2.11. The van der Waals surface area contributed by atoms with Gasteiger partial charge in [-0.1, -0.05) is 53.5 Å². The van der Waals surface area contributed by atoms with Gasteiger partial charge in [0.05, 0.1) is 4.47 Å². The molecular weight excluding hydrogens is 487 g/mol. The molecule has 3 rings (SSSR count). The predicted molar refractivity (Wildman–Crippen MR) is 124 cm³/mol. The number of hydrogen-bond acceptors (Lipinski definition) is 3. The van der Waals surface area contributed by atoms with Gasteiger partial charge in [-0.2, -0.15) is 5.26 Å². The average molecular weight is 502 g/mol. The second kappa shape index (κ2) is 10.3. The van der Waals surface area contributed by atoms with Gasteiger partial charge < -0.3 is 10.1 Å². The molecule has 150 valence electrons. The molecule has 0 aliphatic rings. The molecule has 0 heterocycles. The molecule has 0 atom stereocenters. The van der Waals surface area contributed by atoms with Gasteiger partial charge in [-0.25, -0.2) is 0 Å². The largest absolute Gasteiger partial charge is 0.488 e. The number of anilines is 1. The molecule has 0 unspecified atom stereocenters. The van der Waals surface area contributed by atoms with Crippen molar-refractivity contribution in [2.45, 2.75) is 6.61 Å². The molecule has 1 amide bonds. The lowest BCUT2D eigenvalue weighted by Gasteiger charge is -2.10. The molecule has 0 saturated heterocycles. The quantitative estimate of drug-likeness (QED) is 0.295. The highest BCUT2D eigenvalue weighted by Crippen LogP contribution is 2.29. The monoisotopic (exact) mass is 500 g/mol. The summed E-state index contributed by atoms with van der Waals surface area (Å²) in [4.78, 5) is 12.4. The maximum atomic E-state index is 12.4. The fourth-order valence-corrected chi connectivity index (χ4v) is 3.53. The lowest BCUT2D eigenvalue weighted by atomic mass is 10.1. The number of para-hydroxylation sites is 1. The molecule has 0 spiro atoms. The number of nitrogens with one attached hydrogen (secondary N) is 1. The third-order valence-electron chi connectivity index (χ3n) is 4.06. The minimum absolute atomic E-state index is 0.00707. The van der Waals surface area contributed by atoms with Crippen LogP contribution in [-0.4, -0.2) is 5.91 Å². The Morgan fingerprint density at radius 3 is 2.53 bits per heavy atom. The lowest BCUT2D eigenvalue weighted by molar-refractivity contribution is -0.112. The Morgan fingerprint density at radius 2 is 1.87 bits per heavy atom. The summed E-state index contributed by atoms with van der Waals surface area (Å²) < 4.78 is 6.50. The minimum Gasteiger partial charge on any atom is -0.488 e. The highest BCUT2D eigenvalue weighted by molar-refractivity contribution is 9.10. The summed E-state index contributed by atoms with van der Waals surface area (Å²) in [5.41, 5.74) is 2.10. The highest BCUT2D eigenvalue weighted by atomic mass is 79.9. The number of hydrogen-bond donors (Lipinski definition) is 1. The van der Waals surface area contributed by atoms with Crippen molar-refractivity contribution in [3.8, 4) is 11.8 Å². The van der Waals surface area contributed by atoms with E-state index in [0.717, 1.165) is 5.56 Å². The Bertz CT molecular complexity index is 1140. The molecule has 0 fully saturated rings. The van der Waals surface area contributed by atoms with Gasteiger partial charge in [0.25, 0.3) is 5.91 Å². The van der Waals surface area contributed by atoms with E-state index in [-0.39, 0.29) is 12.2 Å². The molecule has 0 aromatic heterocycles. The van der Waals surface area contributed by atoms with Gasteiger partial charge in [-0.3, -0.25) is 4.79 Å². The second-order valence-electron chi connectivity index (χ2n) is 6.20. The molecule has 3 aromatic rings. The molecule has 0 saturated carbocycles. The van der Waals surface area contributed by atoms with Crippen LogP contribution in [0.3, 0.4) is 0 Å². The predicted octanol–water partition coefficient (Wildman–Crippen LogP) is 6.88. The Kier molecular flexibility index (Phi) is 7.53. The molecule has 1 N–H and O–H groups in total. The fourth-order valence-electron chi connectivity index (χ4n) is 2.55. The summed E-state index contributed by atoms with van der Waals surface area (Å²) >= 11 is 15.5. The molecule has 0 aliphatic heterocycles. The molecule has 4 nitrogen and oxygen atoms in total. The maximum Gasteiger partial charge on any atom is 0.266 e. The van der Waals surface area contributed by atoms with Crippen molar-refractivity contribution in [1.29, 1.82) is 5.26 Å². The summed E-state index contributed by atoms with van der Waals surface area (Å²) in [6.07, 6.45) is 1.52. The van der Waals surface area contributed by atoms with Crippen LogP contribution in [0.2, 0.25) is 10.0 Å². The number of benzene rings is 3. The molecule has 7 heteroatoms. The molecule has 3 aromatic carbocycles. The van der Waals surface area contributed by atoms with Crippen LogP contribution in [0.25, 0.3) is 6.08 Å². The van der Waals surface area contributed by atoms with Gasteiger partial charge in [-0.15, -0.1) is 0 Å². The Hall–Kier alpha value is -2.78. The third kappa shape index (κ3) is 5.87. The molecule has 0 aliphatic carbocycles. The number of nitriles is 1. The SMILES string of the molecule is N#C/C(=C/c1ccc(OCc2ccc(Cl)cc2Cl)c(Br)c1)C(=O)Nc1ccccc1. The first-order valence-corrected chi connectivity index (χ1v) is 10.4. The first-order valence-electron chi connectivity index (χ1n) is 8.81. The van der Waals surface area contributed by atoms with Crippen LogP contribution in [-0.2, 0) is 11.4 Å². The molecule has 30 heavy (non-hydrogen) atoms.